The number of aliphatic carboxylic acids is 1. The van der Waals surface area contributed by atoms with Crippen LogP contribution in [-0.2, 0) is 4.79 Å². The van der Waals surface area contributed by atoms with E-state index in [-0.39, 0.29) is 12.3 Å². The van der Waals surface area contributed by atoms with Gasteiger partial charge in [0.05, 0.1) is 0 Å². The molecule has 98 valence electrons. The van der Waals surface area contributed by atoms with Crippen LogP contribution < -0.4 is 0 Å². The van der Waals surface area contributed by atoms with E-state index in [9.17, 15) is 9.90 Å². The first-order valence-electron chi connectivity index (χ1n) is 6.19. The fraction of sp³-hybridized carbons (Fsp3) is 0.188. The van der Waals surface area contributed by atoms with Crippen molar-refractivity contribution in [3.05, 3.63) is 71.8 Å². The molecule has 19 heavy (non-hydrogen) atoms. The molecule has 0 aliphatic carbocycles. The van der Waals surface area contributed by atoms with Crippen molar-refractivity contribution in [3.8, 4) is 0 Å². The van der Waals surface area contributed by atoms with E-state index in [0.717, 1.165) is 11.1 Å². The van der Waals surface area contributed by atoms with Crippen molar-refractivity contribution in [2.45, 2.75) is 18.4 Å². The summed E-state index contributed by atoms with van der Waals surface area (Å²) in [6, 6.07) is 19.3. The van der Waals surface area contributed by atoms with Crippen LogP contribution in [-0.4, -0.2) is 22.3 Å². The van der Waals surface area contributed by atoms with E-state index >= 15 is 0 Å². The second-order valence-electron chi connectivity index (χ2n) is 4.46. The maximum absolute atomic E-state index is 10.8. The van der Waals surface area contributed by atoms with E-state index in [0.29, 0.717) is 0 Å². The Kier molecular flexibility index (Phi) is 4.31. The number of rotatable bonds is 5. The van der Waals surface area contributed by atoms with E-state index in [1.54, 1.807) is 0 Å². The summed E-state index contributed by atoms with van der Waals surface area (Å²) < 4.78 is 0. The Hall–Kier alpha value is -2.13. The molecule has 3 nitrogen and oxygen atoms in total. The van der Waals surface area contributed by atoms with Crippen LogP contribution >= 0.6 is 0 Å². The third-order valence-corrected chi connectivity index (χ3v) is 3.15. The molecule has 0 radical (unpaired) electrons. The molecule has 2 aromatic carbocycles. The van der Waals surface area contributed by atoms with Gasteiger partial charge in [-0.25, -0.2) is 4.79 Å². The molecule has 0 unspecified atom stereocenters. The second kappa shape index (κ2) is 6.16. The summed E-state index contributed by atoms with van der Waals surface area (Å²) in [5, 5.41) is 18.5. The summed E-state index contributed by atoms with van der Waals surface area (Å²) in [6.07, 6.45) is -1.19. The van der Waals surface area contributed by atoms with Crippen molar-refractivity contribution in [2.75, 3.05) is 0 Å². The molecule has 2 rings (SSSR count). The Balaban J connectivity index is 2.32. The summed E-state index contributed by atoms with van der Waals surface area (Å²) in [7, 11) is 0. The number of hydrogen-bond donors (Lipinski definition) is 2. The van der Waals surface area contributed by atoms with Gasteiger partial charge in [-0.15, -0.1) is 0 Å². The zero-order chi connectivity index (χ0) is 13.7. The van der Waals surface area contributed by atoms with Gasteiger partial charge in [-0.1, -0.05) is 60.7 Å². The van der Waals surface area contributed by atoms with Crippen molar-refractivity contribution in [1.29, 1.82) is 0 Å². The average molecular weight is 256 g/mol. The fourth-order valence-corrected chi connectivity index (χ4v) is 2.16. The summed E-state index contributed by atoms with van der Waals surface area (Å²) in [4.78, 5) is 10.8. The fourth-order valence-electron chi connectivity index (χ4n) is 2.16. The number of aliphatic hydroxyl groups excluding tert-OH is 1. The van der Waals surface area contributed by atoms with Crippen molar-refractivity contribution in [2.24, 2.45) is 0 Å². The summed E-state index contributed by atoms with van der Waals surface area (Å²) in [6.45, 7) is 0. The van der Waals surface area contributed by atoms with Crippen LogP contribution in [0.1, 0.15) is 23.5 Å². The zero-order valence-corrected chi connectivity index (χ0v) is 10.4. The predicted octanol–water partition coefficient (Wildman–Crippen LogP) is 2.65. The van der Waals surface area contributed by atoms with Gasteiger partial charge in [0, 0.05) is 5.92 Å². The third kappa shape index (κ3) is 3.42. The topological polar surface area (TPSA) is 57.5 Å². The lowest BCUT2D eigenvalue weighted by Crippen LogP contribution is -2.22. The van der Waals surface area contributed by atoms with E-state index in [1.807, 2.05) is 60.7 Å². The van der Waals surface area contributed by atoms with Crippen LogP contribution in [0.3, 0.4) is 0 Å². The standard InChI is InChI=1S/C16H16O3/c17-15(16(18)19)11-14(12-7-3-1-4-8-12)13-9-5-2-6-10-13/h1-10,14-15,17H,11H2,(H,18,19)/t15-/m1/s1. The molecule has 0 bridgehead atoms. The van der Waals surface area contributed by atoms with Crippen LogP contribution in [0, 0.1) is 0 Å². The highest BCUT2D eigenvalue weighted by molar-refractivity contribution is 5.72. The minimum atomic E-state index is -1.36. The largest absolute Gasteiger partial charge is 0.479 e. The molecule has 0 spiro atoms. The van der Waals surface area contributed by atoms with Crippen molar-refractivity contribution >= 4 is 5.97 Å². The van der Waals surface area contributed by atoms with E-state index in [4.69, 9.17) is 5.11 Å². The molecular weight excluding hydrogens is 240 g/mol. The van der Waals surface area contributed by atoms with Gasteiger partial charge < -0.3 is 10.2 Å². The normalized spacial score (nSPS) is 12.3. The molecule has 0 aromatic heterocycles. The zero-order valence-electron chi connectivity index (χ0n) is 10.4. The molecule has 0 saturated carbocycles. The van der Waals surface area contributed by atoms with Crippen molar-refractivity contribution in [1.82, 2.24) is 0 Å². The maximum atomic E-state index is 10.8. The molecule has 1 atom stereocenters. The molecule has 3 heteroatoms. The highest BCUT2D eigenvalue weighted by Gasteiger charge is 2.22. The Bertz CT molecular complexity index is 483. The first-order valence-corrected chi connectivity index (χ1v) is 6.19. The molecule has 0 amide bonds. The van der Waals surface area contributed by atoms with E-state index < -0.39 is 12.1 Å². The highest BCUT2D eigenvalue weighted by atomic mass is 16.4. The molecule has 2 N–H and O–H groups in total. The number of aliphatic hydroxyl groups is 1. The van der Waals surface area contributed by atoms with Crippen molar-refractivity contribution in [3.63, 3.8) is 0 Å². The first kappa shape index (κ1) is 13.3. The average Bonchev–Trinajstić information content (AvgIpc) is 2.46. The first-order chi connectivity index (χ1) is 9.18. The lowest BCUT2D eigenvalue weighted by Gasteiger charge is -2.19. The van der Waals surface area contributed by atoms with Crippen molar-refractivity contribution < 1.29 is 15.0 Å². The number of hydrogen-bond acceptors (Lipinski definition) is 2. The Morgan fingerprint density at radius 1 is 0.895 bits per heavy atom. The van der Waals surface area contributed by atoms with Crippen LogP contribution in [0.15, 0.2) is 60.7 Å². The number of carboxylic acids is 1. The Morgan fingerprint density at radius 2 is 1.32 bits per heavy atom. The monoisotopic (exact) mass is 256 g/mol. The summed E-state index contributed by atoms with van der Waals surface area (Å²) in [5.41, 5.74) is 2.02. The van der Waals surface area contributed by atoms with Gasteiger partial charge in [0.15, 0.2) is 6.10 Å². The van der Waals surface area contributed by atoms with Gasteiger partial charge >= 0.3 is 5.97 Å². The SMILES string of the molecule is O=C(O)[C@H](O)CC(c1ccccc1)c1ccccc1. The summed E-state index contributed by atoms with van der Waals surface area (Å²) >= 11 is 0. The molecule has 0 fully saturated rings. The van der Waals surface area contributed by atoms with Crippen LogP contribution in [0.5, 0.6) is 0 Å². The lowest BCUT2D eigenvalue weighted by molar-refractivity contribution is -0.147. The van der Waals surface area contributed by atoms with Crippen LogP contribution in [0.4, 0.5) is 0 Å². The van der Waals surface area contributed by atoms with Gasteiger partial charge in [0.25, 0.3) is 0 Å². The third-order valence-electron chi connectivity index (χ3n) is 3.15. The van der Waals surface area contributed by atoms with E-state index in [1.165, 1.54) is 0 Å². The lowest BCUT2D eigenvalue weighted by atomic mass is 9.87. The Morgan fingerprint density at radius 3 is 1.68 bits per heavy atom. The van der Waals surface area contributed by atoms with Gasteiger partial charge in [-0.05, 0) is 17.5 Å². The van der Waals surface area contributed by atoms with Crippen LogP contribution in [0.2, 0.25) is 0 Å². The van der Waals surface area contributed by atoms with Crippen LogP contribution in [0.25, 0.3) is 0 Å². The highest BCUT2D eigenvalue weighted by Crippen LogP contribution is 2.29. The molecule has 0 heterocycles. The minimum absolute atomic E-state index is 0.117. The molecule has 0 saturated heterocycles. The maximum Gasteiger partial charge on any atom is 0.332 e. The minimum Gasteiger partial charge on any atom is -0.479 e. The van der Waals surface area contributed by atoms with Gasteiger partial charge in [-0.2, -0.15) is 0 Å². The molecule has 2 aromatic rings. The number of benzene rings is 2. The summed E-state index contributed by atoms with van der Waals surface area (Å²) in [5.74, 6) is -1.30. The van der Waals surface area contributed by atoms with Gasteiger partial charge in [0.2, 0.25) is 0 Å². The molecule has 0 aliphatic heterocycles. The van der Waals surface area contributed by atoms with Gasteiger partial charge in [-0.3, -0.25) is 0 Å². The number of carboxylic acid groups (broad SMARTS) is 1. The van der Waals surface area contributed by atoms with E-state index in [2.05, 4.69) is 0 Å². The number of carbonyl (C=O) groups is 1. The smallest absolute Gasteiger partial charge is 0.332 e. The van der Waals surface area contributed by atoms with Gasteiger partial charge in [0.1, 0.15) is 0 Å². The second-order valence-corrected chi connectivity index (χ2v) is 4.46. The molecular formula is C16H16O3. The quantitative estimate of drug-likeness (QED) is 0.864. The Labute approximate surface area is 112 Å². The predicted molar refractivity (Wildman–Crippen MR) is 73.0 cm³/mol. The molecule has 0 aliphatic rings.